The molecule has 2 aliphatic rings. The number of fused-ring (bicyclic) bond motifs is 1. The van der Waals surface area contributed by atoms with Gasteiger partial charge in [0.2, 0.25) is 11.8 Å². The molecule has 156 valence electrons. The van der Waals surface area contributed by atoms with Crippen molar-refractivity contribution in [1.82, 2.24) is 15.5 Å². The highest BCUT2D eigenvalue weighted by molar-refractivity contribution is 6.24. The van der Waals surface area contributed by atoms with Crippen LogP contribution in [0.4, 0.5) is 0 Å². The van der Waals surface area contributed by atoms with Crippen molar-refractivity contribution in [3.8, 4) is 0 Å². The standard InChI is InChI=1S/C20H26N4O5/c21-8-2-10-29-11-3-9-22-12-13-4-1-5-14-17(13)20(28)24(19(14)27)15-6-7-16(25)23-18(15)26/h1,4-5,15,22H,2-3,6-12,21H2,(H,23,25,26). The topological polar surface area (TPSA) is 131 Å². The lowest BCUT2D eigenvalue weighted by atomic mass is 10.0. The number of ether oxygens (including phenoxy) is 1. The fraction of sp³-hybridized carbons (Fsp3) is 0.500. The minimum Gasteiger partial charge on any atom is -0.381 e. The van der Waals surface area contributed by atoms with Crippen LogP contribution < -0.4 is 16.4 Å². The van der Waals surface area contributed by atoms with E-state index in [1.54, 1.807) is 18.2 Å². The van der Waals surface area contributed by atoms with Crippen molar-refractivity contribution < 1.29 is 23.9 Å². The molecule has 0 aromatic heterocycles. The number of rotatable bonds is 10. The summed E-state index contributed by atoms with van der Waals surface area (Å²) in [6, 6.07) is 4.16. The molecular formula is C20H26N4O5. The Morgan fingerprint density at radius 3 is 2.69 bits per heavy atom. The predicted octanol–water partition coefficient (Wildman–Crippen LogP) is -0.0671. The summed E-state index contributed by atoms with van der Waals surface area (Å²) in [6.07, 6.45) is 1.90. The summed E-state index contributed by atoms with van der Waals surface area (Å²) in [6.45, 7) is 3.01. The Morgan fingerprint density at radius 1 is 1.14 bits per heavy atom. The molecule has 29 heavy (non-hydrogen) atoms. The zero-order chi connectivity index (χ0) is 20.8. The Hall–Kier alpha value is -2.62. The van der Waals surface area contributed by atoms with Crippen LogP contribution >= 0.6 is 0 Å². The molecule has 1 aromatic carbocycles. The second-order valence-electron chi connectivity index (χ2n) is 7.07. The maximum atomic E-state index is 13.0. The molecule has 1 unspecified atom stereocenters. The lowest BCUT2D eigenvalue weighted by Crippen LogP contribution is -2.54. The molecular weight excluding hydrogens is 376 g/mol. The minimum atomic E-state index is -0.952. The van der Waals surface area contributed by atoms with Crippen LogP contribution in [0.15, 0.2) is 18.2 Å². The summed E-state index contributed by atoms with van der Waals surface area (Å²) in [4.78, 5) is 50.3. The lowest BCUT2D eigenvalue weighted by Gasteiger charge is -2.27. The first-order chi connectivity index (χ1) is 14.0. The average Bonchev–Trinajstić information content (AvgIpc) is 2.95. The van der Waals surface area contributed by atoms with E-state index < -0.39 is 23.8 Å². The van der Waals surface area contributed by atoms with Gasteiger partial charge < -0.3 is 15.8 Å². The van der Waals surface area contributed by atoms with Crippen LogP contribution in [0.25, 0.3) is 0 Å². The highest BCUT2D eigenvalue weighted by Crippen LogP contribution is 2.29. The zero-order valence-electron chi connectivity index (χ0n) is 16.2. The normalized spacial score (nSPS) is 18.9. The van der Waals surface area contributed by atoms with Gasteiger partial charge in [-0.25, -0.2) is 0 Å². The highest BCUT2D eigenvalue weighted by atomic mass is 16.5. The Balaban J connectivity index is 1.61. The number of nitrogens with two attached hydrogens (primary N) is 1. The Morgan fingerprint density at radius 2 is 1.93 bits per heavy atom. The smallest absolute Gasteiger partial charge is 0.262 e. The second kappa shape index (κ2) is 9.73. The van der Waals surface area contributed by atoms with Crippen LogP contribution in [-0.2, 0) is 20.9 Å². The van der Waals surface area contributed by atoms with E-state index in [4.69, 9.17) is 10.5 Å². The maximum absolute atomic E-state index is 13.0. The van der Waals surface area contributed by atoms with Gasteiger partial charge in [-0.1, -0.05) is 12.1 Å². The number of piperidine rings is 1. The zero-order valence-corrected chi connectivity index (χ0v) is 16.2. The van der Waals surface area contributed by atoms with Crippen molar-refractivity contribution in [2.24, 2.45) is 5.73 Å². The van der Waals surface area contributed by atoms with Crippen molar-refractivity contribution in [2.45, 2.75) is 38.3 Å². The summed E-state index contributed by atoms with van der Waals surface area (Å²) in [5.41, 5.74) is 6.74. The first-order valence-electron chi connectivity index (χ1n) is 9.86. The molecule has 1 aromatic rings. The van der Waals surface area contributed by atoms with Crippen LogP contribution in [0.3, 0.4) is 0 Å². The Kier molecular flexibility index (Phi) is 7.08. The Labute approximate surface area is 168 Å². The van der Waals surface area contributed by atoms with E-state index >= 15 is 0 Å². The van der Waals surface area contributed by atoms with Crippen LogP contribution in [0, 0.1) is 0 Å². The van der Waals surface area contributed by atoms with E-state index in [1.807, 2.05) is 0 Å². The van der Waals surface area contributed by atoms with Gasteiger partial charge in [-0.2, -0.15) is 0 Å². The van der Waals surface area contributed by atoms with E-state index in [0.717, 1.165) is 17.7 Å². The van der Waals surface area contributed by atoms with E-state index in [1.165, 1.54) is 0 Å². The first-order valence-corrected chi connectivity index (χ1v) is 9.86. The molecule has 9 heteroatoms. The number of nitrogens with one attached hydrogen (secondary N) is 2. The fourth-order valence-corrected chi connectivity index (χ4v) is 3.54. The van der Waals surface area contributed by atoms with E-state index in [0.29, 0.717) is 49.5 Å². The molecule has 1 atom stereocenters. The van der Waals surface area contributed by atoms with Crippen LogP contribution in [0.5, 0.6) is 0 Å². The number of carbonyl (C=O) groups is 4. The molecule has 0 aliphatic carbocycles. The third kappa shape index (κ3) is 4.69. The quantitative estimate of drug-likeness (QED) is 0.369. The summed E-state index contributed by atoms with van der Waals surface area (Å²) in [5, 5.41) is 5.46. The SMILES string of the molecule is NCCCOCCCNCc1cccc2c1C(=O)N(C1CCC(=O)NC1=O)C2=O. The molecule has 0 bridgehead atoms. The van der Waals surface area contributed by atoms with Gasteiger partial charge in [0.05, 0.1) is 11.1 Å². The largest absolute Gasteiger partial charge is 0.381 e. The summed E-state index contributed by atoms with van der Waals surface area (Å²) >= 11 is 0. The third-order valence-electron chi connectivity index (χ3n) is 5.00. The first kappa shape index (κ1) is 21.1. The molecule has 0 saturated carbocycles. The average molecular weight is 402 g/mol. The number of amides is 4. The lowest BCUT2D eigenvalue weighted by molar-refractivity contribution is -0.136. The molecule has 0 spiro atoms. The van der Waals surface area contributed by atoms with Gasteiger partial charge in [-0.15, -0.1) is 0 Å². The molecule has 9 nitrogen and oxygen atoms in total. The molecule has 0 radical (unpaired) electrons. The van der Waals surface area contributed by atoms with E-state index in [9.17, 15) is 19.2 Å². The Bertz CT molecular complexity index is 810. The molecule has 1 fully saturated rings. The summed E-state index contributed by atoms with van der Waals surface area (Å²) < 4.78 is 5.44. The number of nitrogens with zero attached hydrogens (tertiary/aromatic N) is 1. The molecule has 4 N–H and O–H groups in total. The van der Waals surface area contributed by atoms with Gasteiger partial charge in [-0.05, 0) is 44.0 Å². The van der Waals surface area contributed by atoms with Crippen LogP contribution in [-0.4, -0.2) is 60.9 Å². The molecule has 4 amide bonds. The highest BCUT2D eigenvalue weighted by Gasteiger charge is 2.45. The van der Waals surface area contributed by atoms with Crippen molar-refractivity contribution in [1.29, 1.82) is 0 Å². The van der Waals surface area contributed by atoms with Crippen molar-refractivity contribution in [3.63, 3.8) is 0 Å². The number of benzene rings is 1. The van der Waals surface area contributed by atoms with E-state index in [2.05, 4.69) is 10.6 Å². The maximum Gasteiger partial charge on any atom is 0.262 e. The van der Waals surface area contributed by atoms with Gasteiger partial charge in [0.1, 0.15) is 6.04 Å². The third-order valence-corrected chi connectivity index (χ3v) is 5.00. The van der Waals surface area contributed by atoms with Gasteiger partial charge in [0.25, 0.3) is 11.8 Å². The van der Waals surface area contributed by atoms with Crippen molar-refractivity contribution in [2.75, 3.05) is 26.3 Å². The minimum absolute atomic E-state index is 0.103. The number of carbonyl (C=O) groups excluding carboxylic acids is 4. The monoisotopic (exact) mass is 402 g/mol. The summed E-state index contributed by atoms with van der Waals surface area (Å²) in [5.74, 6) is -1.97. The van der Waals surface area contributed by atoms with Crippen LogP contribution in [0.1, 0.15) is 52.0 Å². The number of hydrogen-bond acceptors (Lipinski definition) is 7. The van der Waals surface area contributed by atoms with Gasteiger partial charge in [0, 0.05) is 26.2 Å². The fourth-order valence-electron chi connectivity index (χ4n) is 3.54. The van der Waals surface area contributed by atoms with Crippen molar-refractivity contribution in [3.05, 3.63) is 34.9 Å². The van der Waals surface area contributed by atoms with Gasteiger partial charge in [0.15, 0.2) is 0 Å². The van der Waals surface area contributed by atoms with Crippen molar-refractivity contribution >= 4 is 23.6 Å². The summed E-state index contributed by atoms with van der Waals surface area (Å²) in [7, 11) is 0. The number of hydrogen-bond donors (Lipinski definition) is 3. The van der Waals surface area contributed by atoms with Gasteiger partial charge >= 0.3 is 0 Å². The second-order valence-corrected chi connectivity index (χ2v) is 7.07. The predicted molar refractivity (Wildman–Crippen MR) is 104 cm³/mol. The molecule has 3 rings (SSSR count). The number of imide groups is 2. The van der Waals surface area contributed by atoms with Gasteiger partial charge in [-0.3, -0.25) is 29.4 Å². The molecule has 1 saturated heterocycles. The van der Waals surface area contributed by atoms with Crippen LogP contribution in [0.2, 0.25) is 0 Å². The molecule has 2 heterocycles. The van der Waals surface area contributed by atoms with E-state index in [-0.39, 0.29) is 18.7 Å². The molecule has 2 aliphatic heterocycles.